The van der Waals surface area contributed by atoms with Gasteiger partial charge in [0.2, 0.25) is 0 Å². The summed E-state index contributed by atoms with van der Waals surface area (Å²) in [4.78, 5) is 13.9. The quantitative estimate of drug-likeness (QED) is 0.916. The molecule has 0 unspecified atom stereocenters. The van der Waals surface area contributed by atoms with E-state index in [1.165, 1.54) is 12.1 Å². The van der Waals surface area contributed by atoms with Gasteiger partial charge in [-0.3, -0.25) is 0 Å². The first-order chi connectivity index (χ1) is 12.6. The molecule has 1 aliphatic carbocycles. The van der Waals surface area contributed by atoms with E-state index < -0.39 is 0 Å². The third-order valence-electron chi connectivity index (χ3n) is 5.39. The Morgan fingerprint density at radius 2 is 1.69 bits per heavy atom. The molecule has 1 aliphatic heterocycles. The predicted octanol–water partition coefficient (Wildman–Crippen LogP) is 2.88. The van der Waals surface area contributed by atoms with Crippen LogP contribution < -0.4 is 9.80 Å². The maximum atomic E-state index is 13.2. The van der Waals surface area contributed by atoms with Crippen molar-refractivity contribution in [1.82, 2.24) is 9.97 Å². The van der Waals surface area contributed by atoms with Gasteiger partial charge < -0.3 is 14.9 Å². The number of anilines is 2. The number of nitrogens with zero attached hydrogens (tertiary/aromatic N) is 4. The van der Waals surface area contributed by atoms with Crippen LogP contribution in [0.5, 0.6) is 0 Å². The summed E-state index contributed by atoms with van der Waals surface area (Å²) in [6.45, 7) is 5.59. The fourth-order valence-corrected chi connectivity index (χ4v) is 3.83. The molecule has 2 aromatic rings. The Kier molecular flexibility index (Phi) is 4.76. The molecule has 138 valence electrons. The second-order valence-corrected chi connectivity index (χ2v) is 7.32. The second-order valence-electron chi connectivity index (χ2n) is 7.32. The maximum absolute atomic E-state index is 13.2. The van der Waals surface area contributed by atoms with Crippen LogP contribution in [0, 0.1) is 12.7 Å². The Hall–Kier alpha value is -2.21. The molecule has 1 N–H and O–H groups in total. The highest BCUT2D eigenvalue weighted by Crippen LogP contribution is 2.36. The molecule has 5 nitrogen and oxygen atoms in total. The molecule has 2 fully saturated rings. The highest BCUT2D eigenvalue weighted by atomic mass is 19.1. The zero-order valence-electron chi connectivity index (χ0n) is 15.1. The number of aliphatic hydroxyl groups is 1. The van der Waals surface area contributed by atoms with Gasteiger partial charge in [-0.25, -0.2) is 14.4 Å². The minimum absolute atomic E-state index is 0.179. The summed E-state index contributed by atoms with van der Waals surface area (Å²) in [7, 11) is 0. The van der Waals surface area contributed by atoms with E-state index in [-0.39, 0.29) is 11.9 Å². The summed E-state index contributed by atoms with van der Waals surface area (Å²) in [6, 6.07) is 8.83. The Morgan fingerprint density at radius 3 is 2.42 bits per heavy atom. The molecule has 4 rings (SSSR count). The third kappa shape index (κ3) is 3.65. The molecular formula is C20H25FN4O. The second kappa shape index (κ2) is 7.19. The lowest BCUT2D eigenvalue weighted by molar-refractivity contribution is 0.0731. The Morgan fingerprint density at radius 1 is 1.00 bits per heavy atom. The van der Waals surface area contributed by atoms with Crippen LogP contribution in [0.1, 0.15) is 36.7 Å². The number of rotatable bonds is 3. The van der Waals surface area contributed by atoms with E-state index >= 15 is 0 Å². The van der Waals surface area contributed by atoms with Crippen molar-refractivity contribution >= 4 is 11.5 Å². The predicted molar refractivity (Wildman–Crippen MR) is 100 cm³/mol. The Labute approximate surface area is 153 Å². The van der Waals surface area contributed by atoms with Crippen molar-refractivity contribution in [2.45, 2.75) is 38.2 Å². The molecule has 0 atom stereocenters. The van der Waals surface area contributed by atoms with Crippen LogP contribution in [-0.2, 0) is 0 Å². The fourth-order valence-electron chi connectivity index (χ4n) is 3.83. The van der Waals surface area contributed by atoms with E-state index in [9.17, 15) is 9.50 Å². The van der Waals surface area contributed by atoms with Crippen molar-refractivity contribution in [3.05, 3.63) is 47.7 Å². The van der Waals surface area contributed by atoms with Crippen molar-refractivity contribution in [1.29, 1.82) is 0 Å². The van der Waals surface area contributed by atoms with E-state index in [1.807, 2.05) is 19.1 Å². The van der Waals surface area contributed by atoms with Crippen LogP contribution in [0.25, 0.3) is 0 Å². The van der Waals surface area contributed by atoms with Gasteiger partial charge in [0.05, 0.1) is 6.10 Å². The molecule has 0 radical (unpaired) electrons. The van der Waals surface area contributed by atoms with Gasteiger partial charge in [0.15, 0.2) is 0 Å². The number of aromatic nitrogens is 2. The van der Waals surface area contributed by atoms with Crippen LogP contribution in [0.2, 0.25) is 0 Å². The number of hydrogen-bond donors (Lipinski definition) is 1. The highest BCUT2D eigenvalue weighted by Gasteiger charge is 2.30. The van der Waals surface area contributed by atoms with Crippen LogP contribution >= 0.6 is 0 Å². The first-order valence-electron chi connectivity index (χ1n) is 9.37. The summed E-state index contributed by atoms with van der Waals surface area (Å²) in [5.41, 5.74) is 2.12. The van der Waals surface area contributed by atoms with Gasteiger partial charge in [0.25, 0.3) is 0 Å². The minimum atomic E-state index is -0.199. The van der Waals surface area contributed by atoms with Gasteiger partial charge in [0, 0.05) is 49.5 Å². The minimum Gasteiger partial charge on any atom is -0.393 e. The number of benzene rings is 1. The summed E-state index contributed by atoms with van der Waals surface area (Å²) < 4.78 is 13.2. The smallest absolute Gasteiger partial charge is 0.132 e. The molecule has 6 heteroatoms. The van der Waals surface area contributed by atoms with Crippen molar-refractivity contribution in [2.24, 2.45) is 0 Å². The van der Waals surface area contributed by atoms with Gasteiger partial charge in [-0.2, -0.15) is 0 Å². The van der Waals surface area contributed by atoms with Crippen molar-refractivity contribution in [3.8, 4) is 0 Å². The number of aliphatic hydroxyl groups excluding tert-OH is 1. The van der Waals surface area contributed by atoms with Crippen LogP contribution in [-0.4, -0.2) is 47.4 Å². The Balaban J connectivity index is 1.48. The summed E-state index contributed by atoms with van der Waals surface area (Å²) in [5.74, 6) is 1.93. The number of halogens is 1. The molecule has 0 spiro atoms. The highest BCUT2D eigenvalue weighted by molar-refractivity contribution is 5.48. The molecular weight excluding hydrogens is 331 g/mol. The lowest BCUT2D eigenvalue weighted by Crippen LogP contribution is -2.32. The van der Waals surface area contributed by atoms with Crippen LogP contribution in [0.3, 0.4) is 0 Å². The maximum Gasteiger partial charge on any atom is 0.132 e. The third-order valence-corrected chi connectivity index (χ3v) is 5.39. The zero-order valence-corrected chi connectivity index (χ0v) is 15.1. The van der Waals surface area contributed by atoms with E-state index in [0.29, 0.717) is 5.92 Å². The molecule has 2 aliphatic rings. The average molecular weight is 356 g/mol. The van der Waals surface area contributed by atoms with E-state index in [1.54, 1.807) is 0 Å². The summed E-state index contributed by atoms with van der Waals surface area (Å²) >= 11 is 0. The van der Waals surface area contributed by atoms with Gasteiger partial charge in [-0.05, 0) is 50.5 Å². The summed E-state index contributed by atoms with van der Waals surface area (Å²) in [5, 5.41) is 9.58. The van der Waals surface area contributed by atoms with Crippen molar-refractivity contribution < 1.29 is 9.50 Å². The van der Waals surface area contributed by atoms with Crippen molar-refractivity contribution in [3.63, 3.8) is 0 Å². The Bertz CT molecular complexity index is 761. The van der Waals surface area contributed by atoms with E-state index in [4.69, 9.17) is 0 Å². The zero-order chi connectivity index (χ0) is 18.1. The number of aryl methyl sites for hydroxylation is 1. The van der Waals surface area contributed by atoms with Gasteiger partial charge in [-0.1, -0.05) is 0 Å². The lowest BCUT2D eigenvalue weighted by Gasteiger charge is -2.32. The van der Waals surface area contributed by atoms with Crippen LogP contribution in [0.15, 0.2) is 30.3 Å². The molecule has 1 aromatic heterocycles. The SMILES string of the molecule is Cc1nc(C2CC(O)C2)cc(N2CCCN(c3ccc(F)cc3)CC2)n1. The molecule has 0 bridgehead atoms. The molecule has 1 aromatic carbocycles. The molecule has 1 saturated heterocycles. The van der Waals surface area contributed by atoms with E-state index in [0.717, 1.165) is 68.5 Å². The van der Waals surface area contributed by atoms with Crippen LogP contribution in [0.4, 0.5) is 15.9 Å². The average Bonchev–Trinajstić information content (AvgIpc) is 2.85. The normalized spacial score (nSPS) is 23.5. The van der Waals surface area contributed by atoms with Gasteiger partial charge in [-0.15, -0.1) is 0 Å². The first kappa shape index (κ1) is 17.2. The first-order valence-corrected chi connectivity index (χ1v) is 9.37. The van der Waals surface area contributed by atoms with Gasteiger partial charge >= 0.3 is 0 Å². The van der Waals surface area contributed by atoms with Crippen molar-refractivity contribution in [2.75, 3.05) is 36.0 Å². The standard InChI is InChI=1S/C20H25FN4O/c1-14-22-19(15-11-18(26)12-15)13-20(23-14)25-8-2-7-24(9-10-25)17-5-3-16(21)4-6-17/h3-6,13,15,18,26H,2,7-12H2,1H3. The summed E-state index contributed by atoms with van der Waals surface area (Å²) in [6.07, 6.45) is 2.45. The molecule has 1 saturated carbocycles. The molecule has 2 heterocycles. The largest absolute Gasteiger partial charge is 0.393 e. The molecule has 0 amide bonds. The van der Waals surface area contributed by atoms with E-state index in [2.05, 4.69) is 25.8 Å². The fraction of sp³-hybridized carbons (Fsp3) is 0.500. The van der Waals surface area contributed by atoms with Gasteiger partial charge in [0.1, 0.15) is 17.5 Å². The lowest BCUT2D eigenvalue weighted by atomic mass is 9.80. The molecule has 26 heavy (non-hydrogen) atoms. The monoisotopic (exact) mass is 356 g/mol. The topological polar surface area (TPSA) is 52.5 Å². The number of hydrogen-bond acceptors (Lipinski definition) is 5.